The Balaban J connectivity index is 1.39. The van der Waals surface area contributed by atoms with Crippen LogP contribution in [-0.4, -0.2) is 30.4 Å². The van der Waals surface area contributed by atoms with Gasteiger partial charge in [0, 0.05) is 37.0 Å². The van der Waals surface area contributed by atoms with E-state index in [1.54, 1.807) is 36.4 Å². The van der Waals surface area contributed by atoms with Crippen LogP contribution in [0.5, 0.6) is 0 Å². The molecule has 0 aliphatic heterocycles. The van der Waals surface area contributed by atoms with E-state index < -0.39 is 13.9 Å². The Kier molecular flexibility index (Phi) is 8.95. The minimum Gasteiger partial charge on any atom is -0.360 e. The van der Waals surface area contributed by atoms with Gasteiger partial charge in [0.25, 0.3) is 5.91 Å². The third-order valence-electron chi connectivity index (χ3n) is 6.76. The standard InChI is InChI=1S/C34H35FN4O2Si/c1-42(2,3)21-20-41-24-39-33-23-28(15-17-29(33)31(38-39)19-14-25-10-6-4-7-11-25)36-27-16-18-30(35)32(22-27)37-34(40)26-12-8-5-9-13-26/h4-19,22-23,36H,20-21,24H2,1-3H3,(H,37,40)/b19-14+. The van der Waals surface area contributed by atoms with E-state index in [-0.39, 0.29) is 11.6 Å². The zero-order valence-electron chi connectivity index (χ0n) is 24.1. The van der Waals surface area contributed by atoms with Gasteiger partial charge in [-0.1, -0.05) is 74.2 Å². The number of carbonyl (C=O) groups excluding carboxylic acids is 1. The summed E-state index contributed by atoms with van der Waals surface area (Å²) < 4.78 is 22.5. The normalized spacial score (nSPS) is 11.7. The molecule has 5 rings (SSSR count). The molecule has 0 fully saturated rings. The van der Waals surface area contributed by atoms with Crippen molar-refractivity contribution < 1.29 is 13.9 Å². The van der Waals surface area contributed by atoms with Gasteiger partial charge >= 0.3 is 0 Å². The number of halogens is 1. The van der Waals surface area contributed by atoms with Crippen molar-refractivity contribution in [3.05, 3.63) is 120 Å². The number of nitrogens with zero attached hydrogens (tertiary/aromatic N) is 2. The van der Waals surface area contributed by atoms with Crippen LogP contribution in [0, 0.1) is 5.82 Å². The summed E-state index contributed by atoms with van der Waals surface area (Å²) in [5.41, 5.74) is 4.86. The molecule has 0 aliphatic carbocycles. The highest BCUT2D eigenvalue weighted by Gasteiger charge is 2.14. The molecule has 0 atom stereocenters. The number of amides is 1. The van der Waals surface area contributed by atoms with Crippen LogP contribution in [0.4, 0.5) is 21.5 Å². The molecule has 0 bridgehead atoms. The number of benzene rings is 4. The minimum absolute atomic E-state index is 0.101. The fraction of sp³-hybridized carbons (Fsp3) is 0.176. The van der Waals surface area contributed by atoms with Gasteiger partial charge in [-0.2, -0.15) is 5.10 Å². The average molecular weight is 579 g/mol. The van der Waals surface area contributed by atoms with Crippen LogP contribution in [0.3, 0.4) is 0 Å². The van der Waals surface area contributed by atoms with Crippen LogP contribution < -0.4 is 10.6 Å². The van der Waals surface area contributed by atoms with Crippen molar-refractivity contribution in [3.8, 4) is 0 Å². The third-order valence-corrected chi connectivity index (χ3v) is 8.47. The van der Waals surface area contributed by atoms with E-state index in [0.717, 1.165) is 33.9 Å². The molecule has 1 heterocycles. The molecular weight excluding hydrogens is 543 g/mol. The molecule has 1 amide bonds. The Hall–Kier alpha value is -4.53. The van der Waals surface area contributed by atoms with Gasteiger partial charge in [-0.3, -0.25) is 4.79 Å². The van der Waals surface area contributed by atoms with E-state index in [9.17, 15) is 9.18 Å². The second-order valence-corrected chi connectivity index (χ2v) is 17.0. The second-order valence-electron chi connectivity index (χ2n) is 11.3. The smallest absolute Gasteiger partial charge is 0.255 e. The lowest BCUT2D eigenvalue weighted by Gasteiger charge is -2.15. The molecule has 0 unspecified atom stereocenters. The predicted molar refractivity (Wildman–Crippen MR) is 173 cm³/mol. The molecular formula is C34H35FN4O2Si. The van der Waals surface area contributed by atoms with E-state index in [2.05, 4.69) is 42.4 Å². The van der Waals surface area contributed by atoms with Crippen molar-refractivity contribution >= 4 is 54.1 Å². The van der Waals surface area contributed by atoms with Crippen molar-refractivity contribution in [1.82, 2.24) is 9.78 Å². The minimum atomic E-state index is -1.21. The van der Waals surface area contributed by atoms with Crippen molar-refractivity contribution in [2.24, 2.45) is 0 Å². The van der Waals surface area contributed by atoms with Crippen LogP contribution in [0.1, 0.15) is 21.6 Å². The molecule has 8 heteroatoms. The van der Waals surface area contributed by atoms with Crippen molar-refractivity contribution in [3.63, 3.8) is 0 Å². The van der Waals surface area contributed by atoms with Crippen LogP contribution in [-0.2, 0) is 11.5 Å². The highest BCUT2D eigenvalue weighted by atomic mass is 28.3. The van der Waals surface area contributed by atoms with Gasteiger partial charge in [0.1, 0.15) is 12.5 Å². The van der Waals surface area contributed by atoms with Gasteiger partial charge in [0.05, 0.1) is 16.9 Å². The Morgan fingerprint density at radius 3 is 2.33 bits per heavy atom. The Bertz CT molecular complexity index is 1700. The van der Waals surface area contributed by atoms with Crippen molar-refractivity contribution in [2.45, 2.75) is 32.4 Å². The number of ether oxygens (including phenoxy) is 1. The summed E-state index contributed by atoms with van der Waals surface area (Å²) in [5, 5.41) is 11.9. The Labute approximate surface area is 246 Å². The highest BCUT2D eigenvalue weighted by Crippen LogP contribution is 2.28. The van der Waals surface area contributed by atoms with Crippen LogP contribution >= 0.6 is 0 Å². The fourth-order valence-electron chi connectivity index (χ4n) is 4.42. The topological polar surface area (TPSA) is 68.2 Å². The van der Waals surface area contributed by atoms with Gasteiger partial charge < -0.3 is 15.4 Å². The molecule has 0 aliphatic rings. The maximum absolute atomic E-state index is 14.6. The van der Waals surface area contributed by atoms with Gasteiger partial charge in [-0.15, -0.1) is 0 Å². The largest absolute Gasteiger partial charge is 0.360 e. The first kappa shape index (κ1) is 29.0. The summed E-state index contributed by atoms with van der Waals surface area (Å²) >= 11 is 0. The summed E-state index contributed by atoms with van der Waals surface area (Å²) in [6.07, 6.45) is 4.07. The SMILES string of the molecule is C[Si](C)(C)CCOCn1nc(/C=C/c2ccccc2)c2ccc(Nc3ccc(F)c(NC(=O)c4ccccc4)c3)cc21. The third kappa shape index (κ3) is 7.60. The summed E-state index contributed by atoms with van der Waals surface area (Å²) in [7, 11) is -1.21. The highest BCUT2D eigenvalue weighted by molar-refractivity contribution is 6.76. The molecule has 0 radical (unpaired) electrons. The second kappa shape index (κ2) is 13.0. The molecule has 0 spiro atoms. The summed E-state index contributed by atoms with van der Waals surface area (Å²) in [5.74, 6) is -0.883. The van der Waals surface area contributed by atoms with E-state index in [1.807, 2.05) is 59.3 Å². The maximum Gasteiger partial charge on any atom is 0.255 e. The number of carbonyl (C=O) groups is 1. The van der Waals surface area contributed by atoms with Crippen LogP contribution in [0.15, 0.2) is 97.1 Å². The lowest BCUT2D eigenvalue weighted by Crippen LogP contribution is -2.22. The first-order valence-corrected chi connectivity index (χ1v) is 17.7. The van der Waals surface area contributed by atoms with E-state index in [1.165, 1.54) is 6.07 Å². The van der Waals surface area contributed by atoms with E-state index in [4.69, 9.17) is 9.84 Å². The maximum atomic E-state index is 14.6. The van der Waals surface area contributed by atoms with Gasteiger partial charge in [-0.05, 0) is 66.2 Å². The zero-order chi connectivity index (χ0) is 29.5. The predicted octanol–water partition coefficient (Wildman–Crippen LogP) is 8.65. The summed E-state index contributed by atoms with van der Waals surface area (Å²) in [4.78, 5) is 12.6. The number of nitrogens with one attached hydrogen (secondary N) is 2. The molecule has 1 aromatic heterocycles. The zero-order valence-corrected chi connectivity index (χ0v) is 25.1. The van der Waals surface area contributed by atoms with Crippen LogP contribution in [0.25, 0.3) is 23.1 Å². The first-order chi connectivity index (χ1) is 20.2. The van der Waals surface area contributed by atoms with Crippen LogP contribution in [0.2, 0.25) is 25.7 Å². The number of aromatic nitrogens is 2. The number of hydrogen-bond acceptors (Lipinski definition) is 4. The lowest BCUT2D eigenvalue weighted by atomic mass is 10.1. The monoisotopic (exact) mass is 578 g/mol. The Morgan fingerprint density at radius 2 is 1.60 bits per heavy atom. The number of anilines is 3. The fourth-order valence-corrected chi connectivity index (χ4v) is 5.17. The average Bonchev–Trinajstić information content (AvgIpc) is 3.33. The molecule has 2 N–H and O–H groups in total. The van der Waals surface area contributed by atoms with Gasteiger partial charge in [0.2, 0.25) is 0 Å². The lowest BCUT2D eigenvalue weighted by molar-refractivity contribution is 0.0816. The van der Waals surface area contributed by atoms with Crippen molar-refractivity contribution in [1.29, 1.82) is 0 Å². The van der Waals surface area contributed by atoms with E-state index in [0.29, 0.717) is 24.6 Å². The van der Waals surface area contributed by atoms with Gasteiger partial charge in [0.15, 0.2) is 0 Å². The molecule has 5 aromatic rings. The molecule has 42 heavy (non-hydrogen) atoms. The summed E-state index contributed by atoms with van der Waals surface area (Å²) in [6, 6.07) is 30.5. The number of hydrogen-bond donors (Lipinski definition) is 2. The molecule has 6 nitrogen and oxygen atoms in total. The molecule has 214 valence electrons. The Morgan fingerprint density at radius 1 is 0.905 bits per heavy atom. The number of fused-ring (bicyclic) bond motifs is 1. The van der Waals surface area contributed by atoms with Crippen molar-refractivity contribution in [2.75, 3.05) is 17.2 Å². The molecule has 0 saturated heterocycles. The number of rotatable bonds is 11. The van der Waals surface area contributed by atoms with Gasteiger partial charge in [-0.25, -0.2) is 9.07 Å². The van der Waals surface area contributed by atoms with E-state index >= 15 is 0 Å². The summed E-state index contributed by atoms with van der Waals surface area (Å²) in [6.45, 7) is 8.03. The molecule has 0 saturated carbocycles. The first-order valence-electron chi connectivity index (χ1n) is 14.0. The molecule has 4 aromatic carbocycles. The quantitative estimate of drug-likeness (QED) is 0.122.